The molecule has 2 atom stereocenters. The number of nitrogens with one attached hydrogen (secondary N) is 2. The van der Waals surface area contributed by atoms with Gasteiger partial charge in [-0.1, -0.05) is 19.1 Å². The molecule has 0 bridgehead atoms. The van der Waals surface area contributed by atoms with Crippen LogP contribution < -0.4 is 15.4 Å². The van der Waals surface area contributed by atoms with Crippen LogP contribution in [0.1, 0.15) is 31.4 Å². The Labute approximate surface area is 162 Å². The van der Waals surface area contributed by atoms with Gasteiger partial charge in [-0.25, -0.2) is 0 Å². The Morgan fingerprint density at radius 1 is 1.22 bits per heavy atom. The number of likely N-dealkylation sites (tertiary alicyclic amines) is 1. The van der Waals surface area contributed by atoms with Crippen molar-refractivity contribution in [2.45, 2.75) is 25.8 Å². The van der Waals surface area contributed by atoms with E-state index in [0.717, 1.165) is 25.4 Å². The van der Waals surface area contributed by atoms with Crippen molar-refractivity contribution in [2.24, 2.45) is 10.9 Å². The lowest BCUT2D eigenvalue weighted by atomic mass is 10.1. The van der Waals surface area contributed by atoms with Gasteiger partial charge in [-0.05, 0) is 43.6 Å². The van der Waals surface area contributed by atoms with Gasteiger partial charge in [-0.3, -0.25) is 14.7 Å². The number of carbonyl (C=O) groups excluding carboxylic acids is 1. The zero-order valence-electron chi connectivity index (χ0n) is 16.8. The van der Waals surface area contributed by atoms with E-state index in [4.69, 9.17) is 9.47 Å². The van der Waals surface area contributed by atoms with Gasteiger partial charge in [-0.15, -0.1) is 0 Å². The summed E-state index contributed by atoms with van der Waals surface area (Å²) in [4.78, 5) is 18.3. The van der Waals surface area contributed by atoms with E-state index in [1.54, 1.807) is 14.2 Å². The van der Waals surface area contributed by atoms with Crippen molar-refractivity contribution in [3.63, 3.8) is 0 Å². The van der Waals surface area contributed by atoms with E-state index in [1.807, 2.05) is 19.1 Å². The standard InChI is InChI=1S/C20H32N4O3/c1-15(19(25)27-4)13-22-20(21-2)23-14-18(24-10-5-6-11-24)16-8-7-9-17(12-16)26-3/h7-9,12,15,18H,5-6,10-11,13-14H2,1-4H3,(H2,21,22,23). The smallest absolute Gasteiger partial charge is 0.310 e. The highest BCUT2D eigenvalue weighted by atomic mass is 16.5. The molecule has 0 aromatic heterocycles. The van der Waals surface area contributed by atoms with E-state index in [9.17, 15) is 4.79 Å². The lowest BCUT2D eigenvalue weighted by Gasteiger charge is -2.29. The number of hydrogen-bond donors (Lipinski definition) is 2. The second-order valence-electron chi connectivity index (χ2n) is 6.79. The molecule has 2 rings (SSSR count). The van der Waals surface area contributed by atoms with E-state index < -0.39 is 0 Å². The van der Waals surface area contributed by atoms with Crippen LogP contribution in [0.4, 0.5) is 0 Å². The first-order chi connectivity index (χ1) is 13.1. The molecule has 0 aliphatic carbocycles. The third kappa shape index (κ3) is 6.13. The summed E-state index contributed by atoms with van der Waals surface area (Å²) in [5.41, 5.74) is 1.22. The topological polar surface area (TPSA) is 75.2 Å². The average Bonchev–Trinajstić information content (AvgIpc) is 3.24. The summed E-state index contributed by atoms with van der Waals surface area (Å²) in [6, 6.07) is 8.47. The number of benzene rings is 1. The fraction of sp³-hybridized carbons (Fsp3) is 0.600. The highest BCUT2D eigenvalue weighted by Gasteiger charge is 2.24. The van der Waals surface area contributed by atoms with E-state index in [-0.39, 0.29) is 17.9 Å². The lowest BCUT2D eigenvalue weighted by molar-refractivity contribution is -0.144. The summed E-state index contributed by atoms with van der Waals surface area (Å²) < 4.78 is 10.2. The van der Waals surface area contributed by atoms with Crippen molar-refractivity contribution in [2.75, 3.05) is 47.4 Å². The molecule has 1 fully saturated rings. The van der Waals surface area contributed by atoms with E-state index in [0.29, 0.717) is 12.5 Å². The van der Waals surface area contributed by atoms with Gasteiger partial charge in [-0.2, -0.15) is 0 Å². The molecule has 1 aromatic carbocycles. The Morgan fingerprint density at radius 2 is 1.93 bits per heavy atom. The van der Waals surface area contributed by atoms with Gasteiger partial charge >= 0.3 is 5.97 Å². The molecule has 1 aromatic rings. The number of carbonyl (C=O) groups is 1. The van der Waals surface area contributed by atoms with Crippen molar-refractivity contribution in [1.82, 2.24) is 15.5 Å². The zero-order valence-corrected chi connectivity index (χ0v) is 16.8. The number of guanidine groups is 1. The van der Waals surface area contributed by atoms with Gasteiger partial charge in [0.2, 0.25) is 0 Å². The minimum Gasteiger partial charge on any atom is -0.497 e. The van der Waals surface area contributed by atoms with Gasteiger partial charge < -0.3 is 20.1 Å². The summed E-state index contributed by atoms with van der Waals surface area (Å²) in [7, 11) is 4.83. The minimum absolute atomic E-state index is 0.232. The number of aliphatic imine (C=N–C) groups is 1. The van der Waals surface area contributed by atoms with Crippen LogP contribution in [-0.4, -0.2) is 64.3 Å². The maximum absolute atomic E-state index is 11.6. The van der Waals surface area contributed by atoms with Crippen LogP contribution in [-0.2, 0) is 9.53 Å². The van der Waals surface area contributed by atoms with Crippen LogP contribution in [0.3, 0.4) is 0 Å². The Bertz CT molecular complexity index is 629. The molecule has 2 N–H and O–H groups in total. The van der Waals surface area contributed by atoms with E-state index in [1.165, 1.54) is 25.5 Å². The number of nitrogens with zero attached hydrogens (tertiary/aromatic N) is 2. The molecule has 7 nitrogen and oxygen atoms in total. The van der Waals surface area contributed by atoms with Crippen LogP contribution >= 0.6 is 0 Å². The average molecular weight is 377 g/mol. The second kappa shape index (κ2) is 10.8. The van der Waals surface area contributed by atoms with Crippen LogP contribution in [0.25, 0.3) is 0 Å². The van der Waals surface area contributed by atoms with Gasteiger partial charge in [0.05, 0.1) is 26.2 Å². The fourth-order valence-electron chi connectivity index (χ4n) is 3.31. The first-order valence-electron chi connectivity index (χ1n) is 9.49. The highest BCUT2D eigenvalue weighted by molar-refractivity contribution is 5.80. The number of ether oxygens (including phenoxy) is 2. The predicted molar refractivity (Wildman–Crippen MR) is 107 cm³/mol. The van der Waals surface area contributed by atoms with E-state index in [2.05, 4.69) is 32.7 Å². The molecule has 1 aliphatic rings. The molecule has 1 saturated heterocycles. The largest absolute Gasteiger partial charge is 0.497 e. The summed E-state index contributed by atoms with van der Waals surface area (Å²) in [6.45, 7) is 5.21. The predicted octanol–water partition coefficient (Wildman–Crippen LogP) is 1.81. The quantitative estimate of drug-likeness (QED) is 0.409. The third-order valence-electron chi connectivity index (χ3n) is 4.93. The molecule has 7 heteroatoms. The van der Waals surface area contributed by atoms with Crippen molar-refractivity contribution >= 4 is 11.9 Å². The molecule has 2 unspecified atom stereocenters. The summed E-state index contributed by atoms with van der Waals surface area (Å²) >= 11 is 0. The summed E-state index contributed by atoms with van der Waals surface area (Å²) in [6.07, 6.45) is 2.45. The van der Waals surface area contributed by atoms with Crippen LogP contribution in [0.2, 0.25) is 0 Å². The van der Waals surface area contributed by atoms with Crippen molar-refractivity contribution in [1.29, 1.82) is 0 Å². The Morgan fingerprint density at radius 3 is 2.56 bits per heavy atom. The van der Waals surface area contributed by atoms with Crippen LogP contribution in [0, 0.1) is 5.92 Å². The van der Waals surface area contributed by atoms with Crippen molar-refractivity contribution < 1.29 is 14.3 Å². The van der Waals surface area contributed by atoms with Gasteiger partial charge in [0.15, 0.2) is 5.96 Å². The SMILES string of the molecule is CN=C(NCC(C)C(=O)OC)NCC(c1cccc(OC)c1)N1CCCC1. The first-order valence-corrected chi connectivity index (χ1v) is 9.49. The monoisotopic (exact) mass is 376 g/mol. The zero-order chi connectivity index (χ0) is 19.6. The summed E-state index contributed by atoms with van der Waals surface area (Å²) in [5.74, 6) is 1.08. The number of rotatable bonds is 8. The summed E-state index contributed by atoms with van der Waals surface area (Å²) in [5, 5.41) is 6.60. The normalized spacial score (nSPS) is 17.3. The van der Waals surface area contributed by atoms with Gasteiger partial charge in [0.1, 0.15) is 5.75 Å². The second-order valence-corrected chi connectivity index (χ2v) is 6.79. The van der Waals surface area contributed by atoms with Gasteiger partial charge in [0.25, 0.3) is 0 Å². The number of methoxy groups -OCH3 is 2. The highest BCUT2D eigenvalue weighted by Crippen LogP contribution is 2.27. The Hall–Kier alpha value is -2.28. The van der Waals surface area contributed by atoms with Crippen molar-refractivity contribution in [3.8, 4) is 5.75 Å². The molecule has 0 saturated carbocycles. The molecule has 1 aliphatic heterocycles. The number of esters is 1. The number of hydrogen-bond acceptors (Lipinski definition) is 5. The molecule has 0 radical (unpaired) electrons. The van der Waals surface area contributed by atoms with Crippen molar-refractivity contribution in [3.05, 3.63) is 29.8 Å². The molecular formula is C20H32N4O3. The molecular weight excluding hydrogens is 344 g/mol. The molecule has 0 spiro atoms. The maximum atomic E-state index is 11.6. The molecule has 0 amide bonds. The maximum Gasteiger partial charge on any atom is 0.310 e. The van der Waals surface area contributed by atoms with E-state index >= 15 is 0 Å². The van der Waals surface area contributed by atoms with Crippen LogP contribution in [0.15, 0.2) is 29.3 Å². The molecule has 150 valence electrons. The molecule has 27 heavy (non-hydrogen) atoms. The first kappa shape index (κ1) is 21.0. The van der Waals surface area contributed by atoms with Crippen LogP contribution in [0.5, 0.6) is 5.75 Å². The molecule has 1 heterocycles. The van der Waals surface area contributed by atoms with Gasteiger partial charge in [0, 0.05) is 20.1 Å². The lowest BCUT2D eigenvalue weighted by Crippen LogP contribution is -2.44. The third-order valence-corrected chi connectivity index (χ3v) is 4.93. The minimum atomic E-state index is -0.235. The Balaban J connectivity index is 2.00. The fourth-order valence-corrected chi connectivity index (χ4v) is 3.31. The Kier molecular flexibility index (Phi) is 8.39.